The van der Waals surface area contributed by atoms with E-state index in [9.17, 15) is 8.78 Å². The molecule has 1 saturated heterocycles. The zero-order valence-electron chi connectivity index (χ0n) is 17.1. The Hall–Kier alpha value is -2.68. The van der Waals surface area contributed by atoms with Gasteiger partial charge in [-0.2, -0.15) is 0 Å². The minimum atomic E-state index is -2.70. The number of ether oxygens (including phenoxy) is 1. The van der Waals surface area contributed by atoms with Gasteiger partial charge in [0.05, 0.1) is 25.7 Å². The summed E-state index contributed by atoms with van der Waals surface area (Å²) in [5.74, 6) is -0.693. The summed E-state index contributed by atoms with van der Waals surface area (Å²) in [6, 6.07) is 7.79. The van der Waals surface area contributed by atoms with E-state index in [0.29, 0.717) is 18.2 Å². The van der Waals surface area contributed by atoms with Crippen molar-refractivity contribution in [2.45, 2.75) is 45.2 Å². The molecule has 0 saturated carbocycles. The van der Waals surface area contributed by atoms with Gasteiger partial charge in [0.25, 0.3) is 5.92 Å². The van der Waals surface area contributed by atoms with Crippen molar-refractivity contribution in [3.05, 3.63) is 36.2 Å². The first-order valence-corrected chi connectivity index (χ1v) is 9.63. The minimum Gasteiger partial charge on any atom is -0.497 e. The summed E-state index contributed by atoms with van der Waals surface area (Å²) < 4.78 is 32.9. The summed E-state index contributed by atoms with van der Waals surface area (Å²) in [6.45, 7) is 6.65. The summed E-state index contributed by atoms with van der Waals surface area (Å²) in [6.07, 6.45) is 1.28. The molecule has 1 N–H and O–H groups in total. The third-order valence-electron chi connectivity index (χ3n) is 5.12. The first kappa shape index (κ1) is 19.6. The Labute approximate surface area is 169 Å². The number of nitrogens with one attached hydrogen (secondary N) is 1. The van der Waals surface area contributed by atoms with Crippen molar-refractivity contribution in [1.29, 1.82) is 0 Å². The van der Waals surface area contributed by atoms with E-state index in [4.69, 9.17) is 4.74 Å². The van der Waals surface area contributed by atoms with Crippen LogP contribution in [0, 0.1) is 0 Å². The molecule has 2 aliphatic heterocycles. The second-order valence-corrected chi connectivity index (χ2v) is 8.44. The van der Waals surface area contributed by atoms with Crippen molar-refractivity contribution in [2.24, 2.45) is 0 Å². The lowest BCUT2D eigenvalue weighted by Crippen LogP contribution is -2.53. The predicted molar refractivity (Wildman–Crippen MR) is 108 cm³/mol. The average Bonchev–Trinajstić information content (AvgIpc) is 3.22. The monoisotopic (exact) mass is 404 g/mol. The van der Waals surface area contributed by atoms with E-state index in [1.807, 2.05) is 34.3 Å². The number of alkyl halides is 2. The third-order valence-corrected chi connectivity index (χ3v) is 5.12. The number of hydrogen-bond donors (Lipinski definition) is 1. The van der Waals surface area contributed by atoms with Crippen LogP contribution in [0.5, 0.6) is 5.75 Å². The first-order valence-electron chi connectivity index (χ1n) is 9.63. The Kier molecular flexibility index (Phi) is 4.72. The van der Waals surface area contributed by atoms with E-state index in [1.165, 1.54) is 6.33 Å². The van der Waals surface area contributed by atoms with Gasteiger partial charge in [0.1, 0.15) is 17.8 Å². The molecule has 0 radical (unpaired) electrons. The quantitative estimate of drug-likeness (QED) is 0.838. The van der Waals surface area contributed by atoms with Gasteiger partial charge in [-0.3, -0.25) is 10.0 Å². The number of benzene rings is 1. The van der Waals surface area contributed by atoms with Crippen molar-refractivity contribution in [3.63, 3.8) is 0 Å². The lowest BCUT2D eigenvalue weighted by Gasteiger charge is -2.35. The number of aromatic nitrogens is 2. The summed E-state index contributed by atoms with van der Waals surface area (Å²) in [5, 5.41) is 3.87. The molecule has 0 amide bonds. The van der Waals surface area contributed by atoms with Gasteiger partial charge in [0.2, 0.25) is 0 Å². The standard InChI is InChI=1S/C20H26F2N6O/c1-19(2,3)28-16-17(26-10-9-20(21,22)12-26)23-13-24-18(16)27(25-28)11-14-5-7-15(29-4)8-6-14/h5-8,13,25H,9-12H2,1-4H3. The summed E-state index contributed by atoms with van der Waals surface area (Å²) in [5.41, 5.74) is 4.85. The number of anilines is 3. The zero-order valence-corrected chi connectivity index (χ0v) is 17.1. The normalized spacial score (nSPS) is 18.3. The topological polar surface area (TPSA) is 56.8 Å². The molecule has 9 heteroatoms. The number of rotatable bonds is 4. The lowest BCUT2D eigenvalue weighted by atomic mass is 10.1. The SMILES string of the molecule is COc1ccc(CN2NN(C(C)(C)C)c3c(N4CCC(F)(F)C4)ncnc32)cc1. The highest BCUT2D eigenvalue weighted by molar-refractivity contribution is 5.82. The van der Waals surface area contributed by atoms with Crippen molar-refractivity contribution in [1.82, 2.24) is 15.5 Å². The molecule has 4 rings (SSSR count). The molecule has 2 aromatic rings. The second kappa shape index (κ2) is 6.98. The predicted octanol–water partition coefficient (Wildman–Crippen LogP) is 3.38. The Balaban J connectivity index is 1.69. The van der Waals surface area contributed by atoms with Crippen LogP contribution in [0.4, 0.5) is 26.1 Å². The highest BCUT2D eigenvalue weighted by Gasteiger charge is 2.43. The van der Waals surface area contributed by atoms with Gasteiger partial charge in [0, 0.05) is 13.0 Å². The summed E-state index contributed by atoms with van der Waals surface area (Å²) in [4.78, 5) is 10.5. The number of fused-ring (bicyclic) bond motifs is 1. The molecule has 1 aromatic carbocycles. The Morgan fingerprint density at radius 2 is 1.83 bits per heavy atom. The molecule has 1 aromatic heterocycles. The van der Waals surface area contributed by atoms with Crippen molar-refractivity contribution < 1.29 is 13.5 Å². The molecule has 1 fully saturated rings. The van der Waals surface area contributed by atoms with Gasteiger partial charge in [-0.15, -0.1) is 5.53 Å². The van der Waals surface area contributed by atoms with Crippen LogP contribution in [-0.4, -0.2) is 41.6 Å². The summed E-state index contributed by atoms with van der Waals surface area (Å²) in [7, 11) is 1.63. The number of methoxy groups -OCH3 is 1. The van der Waals surface area contributed by atoms with Gasteiger partial charge >= 0.3 is 0 Å². The number of halogens is 2. The molecular formula is C20H26F2N6O. The molecule has 29 heavy (non-hydrogen) atoms. The maximum atomic E-state index is 13.9. The van der Waals surface area contributed by atoms with Crippen LogP contribution in [0.1, 0.15) is 32.8 Å². The fraction of sp³-hybridized carbons (Fsp3) is 0.500. The maximum Gasteiger partial charge on any atom is 0.266 e. The number of hydrogen-bond acceptors (Lipinski definition) is 7. The molecule has 2 aliphatic rings. The maximum absolute atomic E-state index is 13.9. The van der Waals surface area contributed by atoms with E-state index < -0.39 is 5.92 Å². The highest BCUT2D eigenvalue weighted by Crippen LogP contribution is 2.44. The number of hydrazine groups is 2. The van der Waals surface area contributed by atoms with Crippen molar-refractivity contribution in [2.75, 3.05) is 35.1 Å². The smallest absolute Gasteiger partial charge is 0.266 e. The Bertz CT molecular complexity index is 884. The van der Waals surface area contributed by atoms with Gasteiger partial charge in [-0.1, -0.05) is 12.1 Å². The molecule has 0 bridgehead atoms. The molecule has 3 heterocycles. The van der Waals surface area contributed by atoms with E-state index >= 15 is 0 Å². The van der Waals surface area contributed by atoms with E-state index in [0.717, 1.165) is 17.0 Å². The van der Waals surface area contributed by atoms with Gasteiger partial charge < -0.3 is 9.64 Å². The first-order chi connectivity index (χ1) is 13.7. The van der Waals surface area contributed by atoms with Crippen LogP contribution in [0.15, 0.2) is 30.6 Å². The fourth-order valence-electron chi connectivity index (χ4n) is 3.63. The third kappa shape index (κ3) is 3.78. The average molecular weight is 404 g/mol. The molecule has 156 valence electrons. The van der Waals surface area contributed by atoms with Gasteiger partial charge in [-0.25, -0.2) is 18.7 Å². The lowest BCUT2D eigenvalue weighted by molar-refractivity contribution is 0.0257. The Morgan fingerprint density at radius 3 is 2.41 bits per heavy atom. The van der Waals surface area contributed by atoms with Crippen LogP contribution >= 0.6 is 0 Å². The number of nitrogens with zero attached hydrogens (tertiary/aromatic N) is 5. The van der Waals surface area contributed by atoms with Gasteiger partial charge in [0.15, 0.2) is 11.6 Å². The highest BCUT2D eigenvalue weighted by atomic mass is 19.3. The molecular weight excluding hydrogens is 378 g/mol. The van der Waals surface area contributed by atoms with Crippen LogP contribution in [0.25, 0.3) is 0 Å². The van der Waals surface area contributed by atoms with Gasteiger partial charge in [-0.05, 0) is 38.5 Å². The second-order valence-electron chi connectivity index (χ2n) is 8.44. The molecule has 0 aliphatic carbocycles. The molecule has 0 spiro atoms. The van der Waals surface area contributed by atoms with Crippen LogP contribution < -0.4 is 25.2 Å². The van der Waals surface area contributed by atoms with Crippen LogP contribution in [0.2, 0.25) is 0 Å². The van der Waals surface area contributed by atoms with E-state index in [2.05, 4.69) is 36.3 Å². The minimum absolute atomic E-state index is 0.162. The Morgan fingerprint density at radius 1 is 1.14 bits per heavy atom. The van der Waals surface area contributed by atoms with E-state index in [1.54, 1.807) is 12.0 Å². The molecule has 0 atom stereocenters. The van der Waals surface area contributed by atoms with Crippen molar-refractivity contribution >= 4 is 17.3 Å². The zero-order chi connectivity index (χ0) is 20.8. The fourth-order valence-corrected chi connectivity index (χ4v) is 3.63. The largest absolute Gasteiger partial charge is 0.497 e. The molecule has 7 nitrogen and oxygen atoms in total. The molecule has 0 unspecified atom stereocenters. The van der Waals surface area contributed by atoms with Crippen LogP contribution in [0.3, 0.4) is 0 Å². The van der Waals surface area contributed by atoms with E-state index in [-0.39, 0.29) is 25.0 Å². The van der Waals surface area contributed by atoms with Crippen molar-refractivity contribution in [3.8, 4) is 5.75 Å². The summed E-state index contributed by atoms with van der Waals surface area (Å²) >= 11 is 0. The van der Waals surface area contributed by atoms with Crippen LogP contribution in [-0.2, 0) is 6.54 Å².